The number of nitrogens with zero attached hydrogens (tertiary/aromatic N) is 3. The summed E-state index contributed by atoms with van der Waals surface area (Å²) in [6, 6.07) is 8.92. The molecule has 1 atom stereocenters. The summed E-state index contributed by atoms with van der Waals surface area (Å²) in [5.74, 6) is 1.07. The molecule has 1 aromatic carbocycles. The van der Waals surface area contributed by atoms with Crippen LogP contribution >= 0.6 is 24.0 Å². The molecule has 2 aliphatic heterocycles. The van der Waals surface area contributed by atoms with Gasteiger partial charge < -0.3 is 15.5 Å². The molecule has 1 fully saturated rings. The van der Waals surface area contributed by atoms with Gasteiger partial charge in [-0.2, -0.15) is 0 Å². The van der Waals surface area contributed by atoms with Crippen molar-refractivity contribution in [2.24, 2.45) is 4.99 Å². The number of guanidine groups is 1. The number of carbonyl (C=O) groups excluding carboxylic acids is 1. The number of nitrogens with one attached hydrogen (secondary N) is 2. The van der Waals surface area contributed by atoms with E-state index in [1.807, 2.05) is 17.0 Å². The number of carbonyl (C=O) groups is 1. The van der Waals surface area contributed by atoms with Crippen LogP contribution in [0.25, 0.3) is 0 Å². The van der Waals surface area contributed by atoms with Crippen LogP contribution in [0.1, 0.15) is 43.7 Å². The SMILES string of the molecule is CCN1CCCC1CNC(=NC)NCCCC(=O)N1Cc2ccccc2C1.I. The molecule has 1 unspecified atom stereocenters. The fourth-order valence-corrected chi connectivity index (χ4v) is 4.09. The van der Waals surface area contributed by atoms with Crippen LogP contribution in [0.5, 0.6) is 0 Å². The number of amides is 1. The summed E-state index contributed by atoms with van der Waals surface area (Å²) in [6.45, 7) is 7.73. The predicted molar refractivity (Wildman–Crippen MR) is 125 cm³/mol. The summed E-state index contributed by atoms with van der Waals surface area (Å²) in [7, 11) is 1.80. The average molecular weight is 499 g/mol. The van der Waals surface area contributed by atoms with Gasteiger partial charge in [0, 0.05) is 45.7 Å². The largest absolute Gasteiger partial charge is 0.356 e. The van der Waals surface area contributed by atoms with Crippen LogP contribution in [0.4, 0.5) is 0 Å². The Morgan fingerprint density at radius 3 is 2.57 bits per heavy atom. The lowest BCUT2D eigenvalue weighted by atomic mass is 10.1. The van der Waals surface area contributed by atoms with Crippen LogP contribution in [0.15, 0.2) is 29.3 Å². The fraction of sp³-hybridized carbons (Fsp3) is 0.619. The van der Waals surface area contributed by atoms with Gasteiger partial charge in [-0.15, -0.1) is 24.0 Å². The molecule has 3 rings (SSSR count). The van der Waals surface area contributed by atoms with Crippen molar-refractivity contribution in [2.75, 3.05) is 33.2 Å². The number of rotatable bonds is 7. The van der Waals surface area contributed by atoms with E-state index in [9.17, 15) is 4.79 Å². The number of benzene rings is 1. The van der Waals surface area contributed by atoms with Crippen molar-refractivity contribution < 1.29 is 4.79 Å². The number of fused-ring (bicyclic) bond motifs is 1. The van der Waals surface area contributed by atoms with Crippen LogP contribution < -0.4 is 10.6 Å². The smallest absolute Gasteiger partial charge is 0.223 e. The van der Waals surface area contributed by atoms with Gasteiger partial charge >= 0.3 is 0 Å². The number of halogens is 1. The molecule has 0 radical (unpaired) electrons. The van der Waals surface area contributed by atoms with E-state index in [4.69, 9.17) is 0 Å². The van der Waals surface area contributed by atoms with Crippen LogP contribution in [0, 0.1) is 0 Å². The zero-order valence-electron chi connectivity index (χ0n) is 17.1. The van der Waals surface area contributed by atoms with Gasteiger partial charge in [0.25, 0.3) is 0 Å². The molecule has 0 saturated carbocycles. The number of hydrogen-bond donors (Lipinski definition) is 2. The van der Waals surface area contributed by atoms with Crippen molar-refractivity contribution >= 4 is 35.8 Å². The van der Waals surface area contributed by atoms with Crippen molar-refractivity contribution in [3.63, 3.8) is 0 Å². The molecule has 0 bridgehead atoms. The normalized spacial score (nSPS) is 19.3. The minimum absolute atomic E-state index is 0. The second-order valence-electron chi connectivity index (χ2n) is 7.43. The lowest BCUT2D eigenvalue weighted by molar-refractivity contribution is -0.131. The Kier molecular flexibility index (Phi) is 9.50. The Hall–Kier alpha value is -1.35. The number of aliphatic imine (C=N–C) groups is 1. The van der Waals surface area contributed by atoms with Gasteiger partial charge in [0.05, 0.1) is 0 Å². The van der Waals surface area contributed by atoms with Gasteiger partial charge in [-0.1, -0.05) is 31.2 Å². The predicted octanol–water partition coefficient (Wildman–Crippen LogP) is 2.58. The molecule has 28 heavy (non-hydrogen) atoms. The lowest BCUT2D eigenvalue weighted by Crippen LogP contribution is -2.45. The third-order valence-electron chi connectivity index (χ3n) is 5.69. The first-order chi connectivity index (χ1) is 13.2. The van der Waals surface area contributed by atoms with Crippen molar-refractivity contribution in [2.45, 2.75) is 51.7 Å². The van der Waals surface area contributed by atoms with E-state index in [0.29, 0.717) is 12.5 Å². The third-order valence-corrected chi connectivity index (χ3v) is 5.69. The van der Waals surface area contributed by atoms with Gasteiger partial charge in [0.15, 0.2) is 5.96 Å². The van der Waals surface area contributed by atoms with Crippen LogP contribution in [0.3, 0.4) is 0 Å². The van der Waals surface area contributed by atoms with E-state index >= 15 is 0 Å². The molecule has 2 aliphatic rings. The molecular formula is C21H34IN5O. The molecule has 156 valence electrons. The van der Waals surface area contributed by atoms with E-state index in [2.05, 4.69) is 39.6 Å². The minimum Gasteiger partial charge on any atom is -0.356 e. The number of hydrogen-bond acceptors (Lipinski definition) is 3. The molecule has 0 aliphatic carbocycles. The Balaban J connectivity index is 0.00000280. The Morgan fingerprint density at radius 1 is 1.21 bits per heavy atom. The molecule has 1 amide bonds. The van der Waals surface area contributed by atoms with Gasteiger partial charge in [0.1, 0.15) is 0 Å². The van der Waals surface area contributed by atoms with Crippen molar-refractivity contribution in [3.8, 4) is 0 Å². The highest BCUT2D eigenvalue weighted by Crippen LogP contribution is 2.22. The van der Waals surface area contributed by atoms with E-state index in [0.717, 1.165) is 45.1 Å². The Bertz CT molecular complexity index is 641. The molecule has 0 spiro atoms. The highest BCUT2D eigenvalue weighted by molar-refractivity contribution is 14.0. The molecule has 6 nitrogen and oxygen atoms in total. The first-order valence-corrected chi connectivity index (χ1v) is 10.2. The second kappa shape index (κ2) is 11.6. The van der Waals surface area contributed by atoms with Crippen molar-refractivity contribution in [3.05, 3.63) is 35.4 Å². The van der Waals surface area contributed by atoms with Gasteiger partial charge in [-0.3, -0.25) is 14.7 Å². The zero-order chi connectivity index (χ0) is 19.1. The summed E-state index contributed by atoms with van der Waals surface area (Å²) in [5.41, 5.74) is 2.56. The Morgan fingerprint density at radius 2 is 1.93 bits per heavy atom. The van der Waals surface area contributed by atoms with E-state index in [1.54, 1.807) is 7.05 Å². The first-order valence-electron chi connectivity index (χ1n) is 10.2. The number of likely N-dealkylation sites (tertiary alicyclic amines) is 1. The second-order valence-corrected chi connectivity index (χ2v) is 7.43. The van der Waals surface area contributed by atoms with Crippen molar-refractivity contribution in [1.29, 1.82) is 0 Å². The maximum absolute atomic E-state index is 12.4. The summed E-state index contributed by atoms with van der Waals surface area (Å²) < 4.78 is 0. The lowest BCUT2D eigenvalue weighted by Gasteiger charge is -2.24. The molecule has 2 heterocycles. The highest BCUT2D eigenvalue weighted by atomic mass is 127. The maximum atomic E-state index is 12.4. The molecular weight excluding hydrogens is 465 g/mol. The van der Waals surface area contributed by atoms with E-state index < -0.39 is 0 Å². The minimum atomic E-state index is 0. The third kappa shape index (κ3) is 6.07. The molecule has 0 aromatic heterocycles. The standard InChI is InChI=1S/C21H33N5O.HI/c1-3-25-13-7-10-19(25)14-24-21(22-2)23-12-6-11-20(27)26-15-17-8-4-5-9-18(17)16-26;/h4-5,8-9,19H,3,6-7,10-16H2,1-2H3,(H2,22,23,24);1H. The average Bonchev–Trinajstić information content (AvgIpc) is 3.33. The van der Waals surface area contributed by atoms with Gasteiger partial charge in [-0.05, 0) is 43.5 Å². The molecule has 2 N–H and O–H groups in total. The van der Waals surface area contributed by atoms with Crippen LogP contribution in [-0.2, 0) is 17.9 Å². The van der Waals surface area contributed by atoms with Crippen LogP contribution in [0.2, 0.25) is 0 Å². The fourth-order valence-electron chi connectivity index (χ4n) is 4.09. The summed E-state index contributed by atoms with van der Waals surface area (Å²) >= 11 is 0. The summed E-state index contributed by atoms with van der Waals surface area (Å²) in [6.07, 6.45) is 3.93. The zero-order valence-corrected chi connectivity index (χ0v) is 19.4. The molecule has 1 saturated heterocycles. The quantitative estimate of drug-likeness (QED) is 0.262. The van der Waals surface area contributed by atoms with Crippen molar-refractivity contribution in [1.82, 2.24) is 20.4 Å². The highest BCUT2D eigenvalue weighted by Gasteiger charge is 2.23. The Labute approximate surface area is 186 Å². The monoisotopic (exact) mass is 499 g/mol. The summed E-state index contributed by atoms with van der Waals surface area (Å²) in [4.78, 5) is 21.2. The summed E-state index contributed by atoms with van der Waals surface area (Å²) in [5, 5.41) is 6.77. The number of likely N-dealkylation sites (N-methyl/N-ethyl adjacent to an activating group) is 1. The topological polar surface area (TPSA) is 60.0 Å². The molecule has 7 heteroatoms. The maximum Gasteiger partial charge on any atom is 0.223 e. The van der Waals surface area contributed by atoms with Crippen LogP contribution in [-0.4, -0.2) is 60.9 Å². The first kappa shape index (κ1) is 22.9. The van der Waals surface area contributed by atoms with Gasteiger partial charge in [-0.25, -0.2) is 0 Å². The molecule has 1 aromatic rings. The van der Waals surface area contributed by atoms with E-state index in [-0.39, 0.29) is 29.9 Å². The van der Waals surface area contributed by atoms with E-state index in [1.165, 1.54) is 30.5 Å². The van der Waals surface area contributed by atoms with Gasteiger partial charge in [0.2, 0.25) is 5.91 Å².